The molecule has 0 saturated carbocycles. The number of carbonyl (C=O) groups is 1. The number of allylic oxidation sites excluding steroid dienone is 1. The number of aryl methyl sites for hydroxylation is 1. The van der Waals surface area contributed by atoms with Gasteiger partial charge in [0.25, 0.3) is 0 Å². The monoisotopic (exact) mass is 380 g/mol. The minimum atomic E-state index is -0.344. The maximum Gasteiger partial charge on any atom is 0.337 e. The maximum absolute atomic E-state index is 11.5. The Bertz CT molecular complexity index is 1050. The molecule has 0 unspecified atom stereocenters. The van der Waals surface area contributed by atoms with Crippen molar-refractivity contribution in [2.24, 2.45) is 0 Å². The zero-order valence-electron chi connectivity index (χ0n) is 16.8. The van der Waals surface area contributed by atoms with E-state index in [0.29, 0.717) is 5.56 Å². The molecule has 3 aromatic rings. The molecule has 0 aliphatic rings. The Morgan fingerprint density at radius 2 is 1.69 bits per heavy atom. The van der Waals surface area contributed by atoms with Crippen LogP contribution in [-0.2, 0) is 11.2 Å². The van der Waals surface area contributed by atoms with Crippen LogP contribution in [-0.4, -0.2) is 13.1 Å². The number of hydrogen-bond donors (Lipinski definition) is 0. The van der Waals surface area contributed by atoms with Crippen molar-refractivity contribution in [1.29, 1.82) is 0 Å². The summed E-state index contributed by atoms with van der Waals surface area (Å²) < 4.78 is 4.70. The van der Waals surface area contributed by atoms with E-state index in [4.69, 9.17) is 4.74 Å². The van der Waals surface area contributed by atoms with Crippen LogP contribution in [0.25, 0.3) is 17.2 Å². The van der Waals surface area contributed by atoms with E-state index in [1.165, 1.54) is 23.8 Å². The molecule has 0 aromatic heterocycles. The fourth-order valence-corrected chi connectivity index (χ4v) is 3.11. The van der Waals surface area contributed by atoms with Gasteiger partial charge in [0.15, 0.2) is 0 Å². The normalized spacial score (nSPS) is 10.4. The summed E-state index contributed by atoms with van der Waals surface area (Å²) in [6.07, 6.45) is 6.16. The molecule has 0 aliphatic carbocycles. The molecule has 0 heterocycles. The number of hydrogen-bond acceptors (Lipinski definition) is 2. The van der Waals surface area contributed by atoms with Crippen LogP contribution in [0.4, 0.5) is 0 Å². The van der Waals surface area contributed by atoms with Crippen LogP contribution in [0.5, 0.6) is 0 Å². The second-order valence-electron chi connectivity index (χ2n) is 6.71. The van der Waals surface area contributed by atoms with Crippen molar-refractivity contribution >= 4 is 12.0 Å². The van der Waals surface area contributed by atoms with Gasteiger partial charge in [-0.2, -0.15) is 0 Å². The third-order valence-corrected chi connectivity index (χ3v) is 4.63. The molecule has 0 spiro atoms. The van der Waals surface area contributed by atoms with Crippen LogP contribution in [0.2, 0.25) is 0 Å². The van der Waals surface area contributed by atoms with Crippen molar-refractivity contribution in [2.75, 3.05) is 7.11 Å². The molecule has 29 heavy (non-hydrogen) atoms. The van der Waals surface area contributed by atoms with E-state index >= 15 is 0 Å². The first kappa shape index (κ1) is 20.2. The summed E-state index contributed by atoms with van der Waals surface area (Å²) in [5.74, 6) is 5.82. The standard InChI is InChI=1S/C27H24O2/c1-3-8-21-13-17-24(18-14-21)26-12-7-6-11-23(26)10-5-4-9-22-15-19-25(20-16-22)27(28)29-2/h5-7,10-20H,3,8H2,1-2H3. The van der Waals surface area contributed by atoms with Gasteiger partial charge in [-0.15, -0.1) is 0 Å². The van der Waals surface area contributed by atoms with Crippen molar-refractivity contribution in [3.05, 3.63) is 101 Å². The van der Waals surface area contributed by atoms with E-state index in [2.05, 4.69) is 61.2 Å². The fourth-order valence-electron chi connectivity index (χ4n) is 3.11. The SMILES string of the molecule is CCCc1ccc(-c2ccccc2C=CC#Cc2ccc(C(=O)OC)cc2)cc1. The predicted molar refractivity (Wildman–Crippen MR) is 120 cm³/mol. The number of benzene rings is 3. The van der Waals surface area contributed by atoms with Gasteiger partial charge < -0.3 is 4.74 Å². The topological polar surface area (TPSA) is 26.3 Å². The third kappa shape index (κ3) is 5.46. The van der Waals surface area contributed by atoms with Crippen LogP contribution in [0.15, 0.2) is 78.9 Å². The molecule has 2 nitrogen and oxygen atoms in total. The summed E-state index contributed by atoms with van der Waals surface area (Å²) in [6.45, 7) is 2.20. The highest BCUT2D eigenvalue weighted by Gasteiger charge is 2.03. The molecule has 0 atom stereocenters. The van der Waals surface area contributed by atoms with E-state index in [1.807, 2.05) is 30.4 Å². The number of rotatable bonds is 5. The van der Waals surface area contributed by atoms with Crippen molar-refractivity contribution in [1.82, 2.24) is 0 Å². The zero-order chi connectivity index (χ0) is 20.5. The molecule has 0 aliphatic heterocycles. The summed E-state index contributed by atoms with van der Waals surface area (Å²) >= 11 is 0. The summed E-state index contributed by atoms with van der Waals surface area (Å²) in [5.41, 5.74) is 6.27. The van der Waals surface area contributed by atoms with Crippen LogP contribution in [0.1, 0.15) is 40.4 Å². The Kier molecular flexibility index (Phi) is 7.03. The van der Waals surface area contributed by atoms with Crippen LogP contribution >= 0.6 is 0 Å². The summed E-state index contributed by atoms with van der Waals surface area (Å²) in [4.78, 5) is 11.5. The van der Waals surface area contributed by atoms with Crippen molar-refractivity contribution in [3.63, 3.8) is 0 Å². The first-order chi connectivity index (χ1) is 14.2. The van der Waals surface area contributed by atoms with Crippen LogP contribution in [0.3, 0.4) is 0 Å². The average Bonchev–Trinajstić information content (AvgIpc) is 2.78. The van der Waals surface area contributed by atoms with Gasteiger partial charge in [0, 0.05) is 5.56 Å². The first-order valence-corrected chi connectivity index (χ1v) is 9.76. The average molecular weight is 380 g/mol. The molecule has 2 heteroatoms. The molecule has 144 valence electrons. The minimum Gasteiger partial charge on any atom is -0.465 e. The number of esters is 1. The maximum atomic E-state index is 11.5. The largest absolute Gasteiger partial charge is 0.465 e. The van der Waals surface area contributed by atoms with E-state index < -0.39 is 0 Å². The quantitative estimate of drug-likeness (QED) is 0.391. The fraction of sp³-hybridized carbons (Fsp3) is 0.148. The smallest absolute Gasteiger partial charge is 0.337 e. The lowest BCUT2D eigenvalue weighted by Crippen LogP contribution is -2.00. The zero-order valence-corrected chi connectivity index (χ0v) is 16.8. The first-order valence-electron chi connectivity index (χ1n) is 9.76. The Balaban J connectivity index is 1.75. The van der Waals surface area contributed by atoms with Crippen LogP contribution < -0.4 is 0 Å². The molecular formula is C27H24O2. The number of ether oxygens (including phenoxy) is 1. The highest BCUT2D eigenvalue weighted by molar-refractivity contribution is 5.89. The van der Waals surface area contributed by atoms with E-state index in [0.717, 1.165) is 24.0 Å². The Labute approximate surface area is 172 Å². The molecule has 0 N–H and O–H groups in total. The molecule has 0 amide bonds. The lowest BCUT2D eigenvalue weighted by atomic mass is 9.97. The van der Waals surface area contributed by atoms with Crippen molar-refractivity contribution in [3.8, 4) is 23.0 Å². The lowest BCUT2D eigenvalue weighted by Gasteiger charge is -2.07. The Hall–Kier alpha value is -3.57. The molecule has 3 rings (SSSR count). The second kappa shape index (κ2) is 10.1. The highest BCUT2D eigenvalue weighted by Crippen LogP contribution is 2.25. The van der Waals surface area contributed by atoms with Gasteiger partial charge in [-0.3, -0.25) is 0 Å². The van der Waals surface area contributed by atoms with Gasteiger partial charge in [0.2, 0.25) is 0 Å². The van der Waals surface area contributed by atoms with Crippen LogP contribution in [0, 0.1) is 11.8 Å². The summed E-state index contributed by atoms with van der Waals surface area (Å²) in [7, 11) is 1.37. The van der Waals surface area contributed by atoms with E-state index in [1.54, 1.807) is 12.1 Å². The van der Waals surface area contributed by atoms with Gasteiger partial charge in [-0.1, -0.05) is 73.7 Å². The lowest BCUT2D eigenvalue weighted by molar-refractivity contribution is 0.0600. The van der Waals surface area contributed by atoms with Gasteiger partial charge in [-0.25, -0.2) is 4.79 Å². The number of carbonyl (C=O) groups excluding carboxylic acids is 1. The Morgan fingerprint density at radius 1 is 0.966 bits per heavy atom. The van der Waals surface area contributed by atoms with Crippen molar-refractivity contribution < 1.29 is 9.53 Å². The molecule has 0 radical (unpaired) electrons. The molecule has 3 aromatic carbocycles. The van der Waals surface area contributed by atoms with Gasteiger partial charge in [0.1, 0.15) is 0 Å². The second-order valence-corrected chi connectivity index (χ2v) is 6.71. The molecular weight excluding hydrogens is 356 g/mol. The van der Waals surface area contributed by atoms with Crippen molar-refractivity contribution in [2.45, 2.75) is 19.8 Å². The Morgan fingerprint density at radius 3 is 2.38 bits per heavy atom. The van der Waals surface area contributed by atoms with E-state index in [-0.39, 0.29) is 5.97 Å². The molecule has 0 fully saturated rings. The summed E-state index contributed by atoms with van der Waals surface area (Å²) in [6, 6.07) is 24.2. The van der Waals surface area contributed by atoms with Gasteiger partial charge >= 0.3 is 5.97 Å². The predicted octanol–water partition coefficient (Wildman–Crippen LogP) is 6.16. The summed E-state index contributed by atoms with van der Waals surface area (Å²) in [5, 5.41) is 0. The van der Waals surface area contributed by atoms with Gasteiger partial charge in [0.05, 0.1) is 12.7 Å². The molecule has 0 saturated heterocycles. The third-order valence-electron chi connectivity index (χ3n) is 4.63. The number of methoxy groups -OCH3 is 1. The van der Waals surface area contributed by atoms with E-state index in [9.17, 15) is 4.79 Å². The minimum absolute atomic E-state index is 0.344. The van der Waals surface area contributed by atoms with Gasteiger partial charge in [-0.05, 0) is 65.1 Å². The highest BCUT2D eigenvalue weighted by atomic mass is 16.5. The molecule has 0 bridgehead atoms.